The Morgan fingerprint density at radius 3 is 2.30 bits per heavy atom. The number of benzene rings is 1. The molecule has 1 saturated carbocycles. The molecule has 0 amide bonds. The molecule has 2 aromatic rings. The van der Waals surface area contributed by atoms with Crippen LogP contribution in [0, 0.1) is 11.3 Å². The van der Waals surface area contributed by atoms with Crippen molar-refractivity contribution in [1.29, 1.82) is 0 Å². The molecule has 3 rings (SSSR count). The second kappa shape index (κ2) is 5.62. The third-order valence-electron chi connectivity index (χ3n) is 4.82. The van der Waals surface area contributed by atoms with Crippen LogP contribution in [0.25, 0.3) is 0 Å². The molecular weight excluding hydrogens is 310 g/mol. The summed E-state index contributed by atoms with van der Waals surface area (Å²) in [5.74, 6) is 0.905. The Balaban J connectivity index is 1.71. The number of nitrogens with one attached hydrogen (secondary N) is 1. The van der Waals surface area contributed by atoms with Gasteiger partial charge in [0.25, 0.3) is 0 Å². The zero-order chi connectivity index (χ0) is 16.7. The number of primary sulfonamides is 1. The molecule has 0 aliphatic heterocycles. The first kappa shape index (κ1) is 16.0. The van der Waals surface area contributed by atoms with Crippen molar-refractivity contribution >= 4 is 15.7 Å². The Labute approximate surface area is 137 Å². The van der Waals surface area contributed by atoms with Crippen LogP contribution in [0.5, 0.6) is 0 Å². The number of hydrogen-bond donors (Lipinski definition) is 2. The molecule has 0 bridgehead atoms. The fourth-order valence-corrected chi connectivity index (χ4v) is 3.86. The van der Waals surface area contributed by atoms with Gasteiger partial charge in [0.05, 0.1) is 4.90 Å². The molecule has 1 aliphatic carbocycles. The summed E-state index contributed by atoms with van der Waals surface area (Å²) in [4.78, 5) is 4.17. The highest BCUT2D eigenvalue weighted by Crippen LogP contribution is 2.64. The normalized spacial score (nSPS) is 22.6. The first-order chi connectivity index (χ1) is 10.8. The van der Waals surface area contributed by atoms with Crippen LogP contribution in [-0.4, -0.2) is 19.9 Å². The summed E-state index contributed by atoms with van der Waals surface area (Å²) < 4.78 is 22.7. The van der Waals surface area contributed by atoms with E-state index < -0.39 is 10.0 Å². The van der Waals surface area contributed by atoms with Gasteiger partial charge in [0, 0.05) is 24.6 Å². The summed E-state index contributed by atoms with van der Waals surface area (Å²) in [6.07, 6.45) is 3.54. The molecule has 0 radical (unpaired) electrons. The van der Waals surface area contributed by atoms with Gasteiger partial charge in [-0.05, 0) is 47.1 Å². The molecule has 23 heavy (non-hydrogen) atoms. The van der Waals surface area contributed by atoms with Crippen LogP contribution in [0.4, 0.5) is 5.69 Å². The maximum absolute atomic E-state index is 11.3. The lowest BCUT2D eigenvalue weighted by atomic mass is 10.0. The van der Waals surface area contributed by atoms with Crippen LogP contribution >= 0.6 is 0 Å². The van der Waals surface area contributed by atoms with Crippen molar-refractivity contribution in [3.05, 3.63) is 54.4 Å². The number of aromatic nitrogens is 1. The first-order valence-corrected chi connectivity index (χ1v) is 9.11. The summed E-state index contributed by atoms with van der Waals surface area (Å²) in [6.45, 7) is 5.35. The Morgan fingerprint density at radius 2 is 1.74 bits per heavy atom. The van der Waals surface area contributed by atoms with Crippen LogP contribution in [0.3, 0.4) is 0 Å². The molecule has 1 aromatic carbocycles. The highest BCUT2D eigenvalue weighted by atomic mass is 32.2. The number of nitrogens with two attached hydrogens (primary N) is 1. The van der Waals surface area contributed by atoms with Gasteiger partial charge in [0.15, 0.2) is 0 Å². The monoisotopic (exact) mass is 331 g/mol. The van der Waals surface area contributed by atoms with Crippen molar-refractivity contribution in [2.75, 3.05) is 11.9 Å². The lowest BCUT2D eigenvalue weighted by Gasteiger charge is -2.06. The van der Waals surface area contributed by atoms with Gasteiger partial charge in [0.1, 0.15) is 0 Å². The number of anilines is 1. The Bertz CT molecular complexity index is 786. The van der Waals surface area contributed by atoms with Crippen LogP contribution in [0.15, 0.2) is 53.7 Å². The smallest absolute Gasteiger partial charge is 0.238 e. The number of nitrogens with zero attached hydrogens (tertiary/aromatic N) is 1. The minimum Gasteiger partial charge on any atom is -0.385 e. The highest BCUT2D eigenvalue weighted by Gasteiger charge is 2.57. The van der Waals surface area contributed by atoms with E-state index in [1.165, 1.54) is 0 Å². The average Bonchev–Trinajstić information content (AvgIpc) is 3.06. The lowest BCUT2D eigenvalue weighted by molar-refractivity contribution is 0.565. The standard InChI is InChI=1S/C17H21N3O2S/c1-17(2)15(11-20-13-7-9-19-10-8-13)16(17)12-3-5-14(6-4-12)23(18,21)22/h3-10,15-16H,11H2,1-2H3,(H,19,20)(H2,18,21,22). The van der Waals surface area contributed by atoms with Gasteiger partial charge in [0.2, 0.25) is 10.0 Å². The predicted octanol–water partition coefficient (Wildman–Crippen LogP) is 2.58. The second-order valence-corrected chi connectivity index (χ2v) is 8.20. The van der Waals surface area contributed by atoms with E-state index in [9.17, 15) is 8.42 Å². The van der Waals surface area contributed by atoms with E-state index in [2.05, 4.69) is 24.1 Å². The fourth-order valence-electron chi connectivity index (χ4n) is 3.35. The number of sulfonamides is 1. The van der Waals surface area contributed by atoms with Gasteiger partial charge in [-0.2, -0.15) is 0 Å². The molecule has 1 aliphatic rings. The Kier molecular flexibility index (Phi) is 3.90. The maximum atomic E-state index is 11.3. The summed E-state index contributed by atoms with van der Waals surface area (Å²) in [5.41, 5.74) is 2.40. The lowest BCUT2D eigenvalue weighted by Crippen LogP contribution is -2.11. The van der Waals surface area contributed by atoms with E-state index in [4.69, 9.17) is 5.14 Å². The number of pyridine rings is 1. The Morgan fingerprint density at radius 1 is 1.13 bits per heavy atom. The molecule has 3 N–H and O–H groups in total. The van der Waals surface area contributed by atoms with Gasteiger partial charge >= 0.3 is 0 Å². The van der Waals surface area contributed by atoms with E-state index in [-0.39, 0.29) is 10.3 Å². The molecule has 1 fully saturated rings. The van der Waals surface area contributed by atoms with Crippen LogP contribution in [0.1, 0.15) is 25.3 Å². The summed E-state index contributed by atoms with van der Waals surface area (Å²) in [6, 6.07) is 10.8. The molecule has 6 heteroatoms. The molecule has 5 nitrogen and oxygen atoms in total. The SMILES string of the molecule is CC1(C)C(CNc2ccncc2)C1c1ccc(S(N)(=O)=O)cc1. The first-order valence-electron chi connectivity index (χ1n) is 7.57. The fraction of sp³-hybridized carbons (Fsp3) is 0.353. The molecule has 1 aromatic heterocycles. The van der Waals surface area contributed by atoms with Crippen molar-refractivity contribution in [1.82, 2.24) is 4.98 Å². The molecule has 122 valence electrons. The minimum atomic E-state index is -3.63. The molecule has 0 saturated heterocycles. The van der Waals surface area contributed by atoms with Gasteiger partial charge < -0.3 is 5.32 Å². The third-order valence-corrected chi connectivity index (χ3v) is 5.75. The van der Waals surface area contributed by atoms with Gasteiger partial charge in [-0.1, -0.05) is 26.0 Å². The van der Waals surface area contributed by atoms with E-state index in [1.54, 1.807) is 24.5 Å². The maximum Gasteiger partial charge on any atom is 0.238 e. The third kappa shape index (κ3) is 3.23. The van der Waals surface area contributed by atoms with Crippen molar-refractivity contribution in [2.45, 2.75) is 24.7 Å². The van der Waals surface area contributed by atoms with E-state index in [1.807, 2.05) is 24.3 Å². The van der Waals surface area contributed by atoms with Gasteiger partial charge in [-0.15, -0.1) is 0 Å². The minimum absolute atomic E-state index is 0.158. The largest absolute Gasteiger partial charge is 0.385 e. The topological polar surface area (TPSA) is 85.1 Å². The number of hydrogen-bond acceptors (Lipinski definition) is 4. The molecule has 2 unspecified atom stereocenters. The zero-order valence-electron chi connectivity index (χ0n) is 13.2. The summed E-state index contributed by atoms with van der Waals surface area (Å²) in [5, 5.41) is 8.59. The summed E-state index contributed by atoms with van der Waals surface area (Å²) >= 11 is 0. The predicted molar refractivity (Wildman–Crippen MR) is 90.6 cm³/mol. The quantitative estimate of drug-likeness (QED) is 0.882. The molecular formula is C17H21N3O2S. The molecule has 2 atom stereocenters. The summed E-state index contributed by atoms with van der Waals surface area (Å²) in [7, 11) is -3.63. The second-order valence-electron chi connectivity index (χ2n) is 6.64. The van der Waals surface area contributed by atoms with Crippen molar-refractivity contribution < 1.29 is 8.42 Å². The Hall–Kier alpha value is -1.92. The van der Waals surface area contributed by atoms with Crippen molar-refractivity contribution in [3.63, 3.8) is 0 Å². The van der Waals surface area contributed by atoms with E-state index in [0.717, 1.165) is 17.8 Å². The van der Waals surface area contributed by atoms with Crippen molar-refractivity contribution in [3.8, 4) is 0 Å². The van der Waals surface area contributed by atoms with Crippen LogP contribution in [-0.2, 0) is 10.0 Å². The van der Waals surface area contributed by atoms with Crippen molar-refractivity contribution in [2.24, 2.45) is 16.5 Å². The van der Waals surface area contributed by atoms with Gasteiger partial charge in [-0.25, -0.2) is 13.6 Å². The molecule has 0 spiro atoms. The number of rotatable bonds is 5. The van der Waals surface area contributed by atoms with Gasteiger partial charge in [-0.3, -0.25) is 4.98 Å². The molecule has 1 heterocycles. The van der Waals surface area contributed by atoms with Crippen LogP contribution < -0.4 is 10.5 Å². The highest BCUT2D eigenvalue weighted by molar-refractivity contribution is 7.89. The zero-order valence-corrected chi connectivity index (χ0v) is 14.0. The van der Waals surface area contributed by atoms with E-state index in [0.29, 0.717) is 11.8 Å². The average molecular weight is 331 g/mol. The van der Waals surface area contributed by atoms with Crippen LogP contribution in [0.2, 0.25) is 0 Å². The van der Waals surface area contributed by atoms with E-state index >= 15 is 0 Å².